The Morgan fingerprint density at radius 1 is 1.47 bits per heavy atom. The molecule has 2 heterocycles. The van der Waals surface area contributed by atoms with Gasteiger partial charge in [0.25, 0.3) is 0 Å². The second kappa shape index (κ2) is 7.38. The van der Waals surface area contributed by atoms with Gasteiger partial charge in [0.15, 0.2) is 0 Å². The smallest absolute Gasteiger partial charge is 0.0599 e. The van der Waals surface area contributed by atoms with E-state index in [1.54, 1.807) is 11.3 Å². The molecule has 0 bridgehead atoms. The van der Waals surface area contributed by atoms with E-state index < -0.39 is 0 Å². The van der Waals surface area contributed by atoms with Crippen LogP contribution in [0, 0.1) is 0 Å². The lowest BCUT2D eigenvalue weighted by Gasteiger charge is -2.27. The van der Waals surface area contributed by atoms with Crippen LogP contribution < -0.4 is 5.73 Å². The molecule has 0 amide bonds. The highest BCUT2D eigenvalue weighted by Gasteiger charge is 2.12. The van der Waals surface area contributed by atoms with Gasteiger partial charge in [0.05, 0.1) is 17.4 Å². The number of hydrogen-bond donors (Lipinski definition) is 0. The van der Waals surface area contributed by atoms with E-state index in [1.165, 1.54) is 4.21 Å². The molecule has 1 radical (unpaired) electrons. The molecule has 1 saturated heterocycles. The van der Waals surface area contributed by atoms with Crippen LogP contribution in [0.5, 0.6) is 0 Å². The average Bonchev–Trinajstić information content (AvgIpc) is 2.88. The lowest BCUT2D eigenvalue weighted by molar-refractivity contribution is 0.0368. The second-order valence-corrected chi connectivity index (χ2v) is 6.45. The summed E-state index contributed by atoms with van der Waals surface area (Å²) in [5.74, 6) is 0.908. The van der Waals surface area contributed by atoms with Gasteiger partial charge in [-0.15, -0.1) is 23.1 Å². The zero-order chi connectivity index (χ0) is 11.9. The van der Waals surface area contributed by atoms with Crippen molar-refractivity contribution in [2.45, 2.75) is 16.7 Å². The summed E-state index contributed by atoms with van der Waals surface area (Å²) in [7, 11) is 0. The Bertz CT molecular complexity index is 299. The van der Waals surface area contributed by atoms with Crippen LogP contribution in [0.3, 0.4) is 0 Å². The zero-order valence-electron chi connectivity index (χ0n) is 9.93. The minimum Gasteiger partial charge on any atom is -0.379 e. The third-order valence-electron chi connectivity index (χ3n) is 2.82. The monoisotopic (exact) mass is 271 g/mol. The quantitative estimate of drug-likeness (QED) is 0.744. The summed E-state index contributed by atoms with van der Waals surface area (Å²) in [6.07, 6.45) is 0.971. The lowest BCUT2D eigenvalue weighted by Crippen LogP contribution is -2.38. The van der Waals surface area contributed by atoms with E-state index in [0.717, 1.165) is 45.0 Å². The van der Waals surface area contributed by atoms with Crippen LogP contribution in [0.25, 0.3) is 0 Å². The highest BCUT2D eigenvalue weighted by Crippen LogP contribution is 2.24. The molecule has 1 N–H and O–H groups in total. The molecule has 1 fully saturated rings. The Morgan fingerprint density at radius 2 is 2.29 bits per heavy atom. The van der Waals surface area contributed by atoms with Gasteiger partial charge in [0, 0.05) is 24.9 Å². The molecule has 5 heteroatoms. The fourth-order valence-corrected chi connectivity index (χ4v) is 3.57. The highest BCUT2D eigenvalue weighted by molar-refractivity contribution is 8.01. The van der Waals surface area contributed by atoms with Gasteiger partial charge < -0.3 is 4.74 Å². The number of nitrogens with zero attached hydrogens (tertiary/aromatic N) is 1. The molecule has 1 atom stereocenters. The largest absolute Gasteiger partial charge is 0.379 e. The molecular weight excluding hydrogens is 252 g/mol. The maximum Gasteiger partial charge on any atom is 0.0599 e. The van der Waals surface area contributed by atoms with Gasteiger partial charge in [-0.3, -0.25) is 10.6 Å². The third-order valence-corrected chi connectivity index (χ3v) is 5.11. The summed E-state index contributed by atoms with van der Waals surface area (Å²) < 4.78 is 6.64. The van der Waals surface area contributed by atoms with Crippen molar-refractivity contribution in [3.63, 3.8) is 0 Å². The summed E-state index contributed by atoms with van der Waals surface area (Å²) in [6.45, 7) is 4.82. The van der Waals surface area contributed by atoms with E-state index in [9.17, 15) is 0 Å². The summed E-state index contributed by atoms with van der Waals surface area (Å²) >= 11 is 3.57. The van der Waals surface area contributed by atoms with Crippen molar-refractivity contribution >= 4 is 23.1 Å². The van der Waals surface area contributed by atoms with Crippen LogP contribution in [0.1, 0.15) is 6.42 Å². The van der Waals surface area contributed by atoms with E-state index in [0.29, 0.717) is 0 Å². The predicted molar refractivity (Wildman–Crippen MR) is 73.8 cm³/mol. The van der Waals surface area contributed by atoms with E-state index >= 15 is 0 Å². The number of nitrogens with one attached hydrogen (secondary N) is 1. The molecule has 0 unspecified atom stereocenters. The first-order valence-corrected chi connectivity index (χ1v) is 7.88. The normalized spacial score (nSPS) is 19.4. The standard InChI is InChI=1S/C12H19N2OS2/c13-11(10-17-12-2-1-9-16-12)3-4-14-5-7-15-8-6-14/h1-2,9,11,13H,3-8,10H2/t11-/m1/s1. The molecule has 1 aromatic rings. The summed E-state index contributed by atoms with van der Waals surface area (Å²) in [5.41, 5.74) is 8.02. The van der Waals surface area contributed by atoms with Gasteiger partial charge in [0.2, 0.25) is 0 Å². The average molecular weight is 271 g/mol. The van der Waals surface area contributed by atoms with Gasteiger partial charge in [-0.05, 0) is 24.4 Å². The number of morpholine rings is 1. The Morgan fingerprint density at radius 3 is 3.00 bits per heavy atom. The van der Waals surface area contributed by atoms with E-state index in [1.807, 2.05) is 11.8 Å². The molecule has 3 nitrogen and oxygen atoms in total. The molecule has 0 aliphatic carbocycles. The SMILES string of the molecule is [NH][C@H](CCN1CCOCC1)CSc1cccs1. The molecule has 1 aliphatic rings. The summed E-state index contributed by atoms with van der Waals surface area (Å²) in [4.78, 5) is 2.40. The molecule has 0 saturated carbocycles. The highest BCUT2D eigenvalue weighted by atomic mass is 32.2. The van der Waals surface area contributed by atoms with Crippen LogP contribution >= 0.6 is 23.1 Å². The Hall–Kier alpha value is -0.0700. The lowest BCUT2D eigenvalue weighted by atomic mass is 10.2. The van der Waals surface area contributed by atoms with Gasteiger partial charge in [-0.2, -0.15) is 0 Å². The minimum absolute atomic E-state index is 0.0462. The summed E-state index contributed by atoms with van der Waals surface area (Å²) in [6, 6.07) is 4.24. The van der Waals surface area contributed by atoms with Crippen molar-refractivity contribution in [2.24, 2.45) is 0 Å². The zero-order valence-corrected chi connectivity index (χ0v) is 11.6. The number of thiophene rings is 1. The molecule has 17 heavy (non-hydrogen) atoms. The van der Waals surface area contributed by atoms with Crippen molar-refractivity contribution < 1.29 is 4.74 Å². The van der Waals surface area contributed by atoms with Gasteiger partial charge in [-0.25, -0.2) is 0 Å². The Labute approximate surface area is 111 Å². The molecule has 95 valence electrons. The van der Waals surface area contributed by atoms with Crippen molar-refractivity contribution in [3.05, 3.63) is 17.5 Å². The predicted octanol–water partition coefficient (Wildman–Crippen LogP) is 2.21. The van der Waals surface area contributed by atoms with Crippen molar-refractivity contribution in [2.75, 3.05) is 38.6 Å². The van der Waals surface area contributed by atoms with Gasteiger partial charge >= 0.3 is 0 Å². The first-order chi connectivity index (χ1) is 8.34. The fourth-order valence-electron chi connectivity index (χ4n) is 1.77. The third kappa shape index (κ3) is 4.97. The number of hydrogen-bond acceptors (Lipinski definition) is 4. The minimum atomic E-state index is 0.0462. The molecule has 0 spiro atoms. The van der Waals surface area contributed by atoms with E-state index in [4.69, 9.17) is 10.5 Å². The van der Waals surface area contributed by atoms with E-state index in [2.05, 4.69) is 22.4 Å². The molecular formula is C12H19N2OS2. The Kier molecular flexibility index (Phi) is 5.80. The van der Waals surface area contributed by atoms with Crippen molar-refractivity contribution in [1.29, 1.82) is 0 Å². The van der Waals surface area contributed by atoms with Crippen LogP contribution in [-0.2, 0) is 4.74 Å². The Balaban J connectivity index is 1.58. The maximum absolute atomic E-state index is 8.02. The maximum atomic E-state index is 8.02. The van der Waals surface area contributed by atoms with Crippen molar-refractivity contribution in [1.82, 2.24) is 10.6 Å². The second-order valence-electron chi connectivity index (χ2n) is 4.18. The van der Waals surface area contributed by atoms with Gasteiger partial charge in [-0.1, -0.05) is 6.07 Å². The van der Waals surface area contributed by atoms with Crippen LogP contribution in [-0.4, -0.2) is 49.5 Å². The molecule has 1 aromatic heterocycles. The van der Waals surface area contributed by atoms with Crippen LogP contribution in [0.4, 0.5) is 0 Å². The van der Waals surface area contributed by atoms with E-state index in [-0.39, 0.29) is 6.04 Å². The van der Waals surface area contributed by atoms with Crippen LogP contribution in [0.15, 0.2) is 21.7 Å². The molecule has 1 aliphatic heterocycles. The van der Waals surface area contributed by atoms with Crippen molar-refractivity contribution in [3.8, 4) is 0 Å². The fraction of sp³-hybridized carbons (Fsp3) is 0.667. The number of thioether (sulfide) groups is 1. The first-order valence-electron chi connectivity index (χ1n) is 6.02. The summed E-state index contributed by atoms with van der Waals surface area (Å²) in [5, 5.41) is 2.09. The number of rotatable bonds is 6. The molecule has 2 rings (SSSR count). The topological polar surface area (TPSA) is 36.3 Å². The first kappa shape index (κ1) is 13.4. The van der Waals surface area contributed by atoms with Crippen LogP contribution in [0.2, 0.25) is 0 Å². The van der Waals surface area contributed by atoms with Gasteiger partial charge in [0.1, 0.15) is 0 Å². The molecule has 0 aromatic carbocycles. The number of ether oxygens (including phenoxy) is 1.